The minimum absolute atomic E-state index is 0.216. The summed E-state index contributed by atoms with van der Waals surface area (Å²) in [6.07, 6.45) is 0. The first kappa shape index (κ1) is 10.5. The molecule has 4 heteroatoms. The molecule has 0 aliphatic carbocycles. The highest BCUT2D eigenvalue weighted by Crippen LogP contribution is 2.16. The molecule has 1 rings (SSSR count). The van der Waals surface area contributed by atoms with Crippen molar-refractivity contribution in [2.45, 2.75) is 13.5 Å². The van der Waals surface area contributed by atoms with Gasteiger partial charge in [0.2, 0.25) is 0 Å². The molecule has 0 atom stereocenters. The van der Waals surface area contributed by atoms with Crippen LogP contribution >= 0.6 is 27.5 Å². The molecule has 0 saturated heterocycles. The molecule has 0 unspecified atom stereocenters. The van der Waals surface area contributed by atoms with E-state index in [0.717, 1.165) is 15.6 Å². The first-order valence-electron chi connectivity index (χ1n) is 3.67. The Labute approximate surface area is 90.0 Å². The van der Waals surface area contributed by atoms with Crippen LogP contribution in [-0.2, 0) is 11.3 Å². The van der Waals surface area contributed by atoms with Gasteiger partial charge in [-0.05, 0) is 30.2 Å². The SMILES string of the molecule is Cc1ccc(Br)cc1COC(=O)Cl. The average molecular weight is 264 g/mol. The topological polar surface area (TPSA) is 26.3 Å². The lowest BCUT2D eigenvalue weighted by Gasteiger charge is -2.05. The molecule has 0 saturated carbocycles. The van der Waals surface area contributed by atoms with Gasteiger partial charge >= 0.3 is 5.43 Å². The van der Waals surface area contributed by atoms with Gasteiger partial charge in [-0.25, -0.2) is 4.79 Å². The predicted molar refractivity (Wildman–Crippen MR) is 54.9 cm³/mol. The van der Waals surface area contributed by atoms with Crippen molar-refractivity contribution in [2.75, 3.05) is 0 Å². The molecule has 0 fully saturated rings. The fourth-order valence-corrected chi connectivity index (χ4v) is 1.39. The van der Waals surface area contributed by atoms with Crippen LogP contribution in [0, 0.1) is 6.92 Å². The molecule has 1 aromatic rings. The molecule has 0 heterocycles. The van der Waals surface area contributed by atoms with E-state index in [1.807, 2.05) is 25.1 Å². The zero-order chi connectivity index (χ0) is 9.84. The van der Waals surface area contributed by atoms with Gasteiger partial charge in [0.1, 0.15) is 6.61 Å². The van der Waals surface area contributed by atoms with Gasteiger partial charge in [-0.1, -0.05) is 22.0 Å². The van der Waals surface area contributed by atoms with Crippen LogP contribution in [0.25, 0.3) is 0 Å². The molecule has 13 heavy (non-hydrogen) atoms. The summed E-state index contributed by atoms with van der Waals surface area (Å²) in [5.41, 5.74) is 1.24. The molecular formula is C9H8BrClO2. The molecule has 0 N–H and O–H groups in total. The van der Waals surface area contributed by atoms with Gasteiger partial charge in [0.15, 0.2) is 0 Å². The Hall–Kier alpha value is -0.540. The lowest BCUT2D eigenvalue weighted by molar-refractivity contribution is 0.167. The molecule has 0 spiro atoms. The summed E-state index contributed by atoms with van der Waals surface area (Å²) < 4.78 is 5.63. The van der Waals surface area contributed by atoms with E-state index in [2.05, 4.69) is 20.7 Å². The van der Waals surface area contributed by atoms with Crippen molar-refractivity contribution in [3.63, 3.8) is 0 Å². The maximum atomic E-state index is 10.3. The molecule has 0 aliphatic rings. The van der Waals surface area contributed by atoms with E-state index < -0.39 is 5.43 Å². The normalized spacial score (nSPS) is 9.77. The van der Waals surface area contributed by atoms with E-state index >= 15 is 0 Å². The zero-order valence-corrected chi connectivity index (χ0v) is 9.35. The van der Waals surface area contributed by atoms with Crippen molar-refractivity contribution in [3.8, 4) is 0 Å². The third kappa shape index (κ3) is 3.36. The molecule has 1 aromatic carbocycles. The lowest BCUT2D eigenvalue weighted by atomic mass is 10.1. The summed E-state index contributed by atoms with van der Waals surface area (Å²) in [6.45, 7) is 2.16. The summed E-state index contributed by atoms with van der Waals surface area (Å²) in [5, 5.41) is 0. The van der Waals surface area contributed by atoms with Gasteiger partial charge in [0.25, 0.3) is 0 Å². The van der Waals surface area contributed by atoms with E-state index in [9.17, 15) is 4.79 Å². The Bertz CT molecular complexity index is 325. The number of ether oxygens (including phenoxy) is 1. The Morgan fingerprint density at radius 3 is 2.92 bits per heavy atom. The van der Waals surface area contributed by atoms with Gasteiger partial charge in [-0.3, -0.25) is 0 Å². The second-order valence-corrected chi connectivity index (χ2v) is 3.82. The summed E-state index contributed by atoms with van der Waals surface area (Å²) in [5.74, 6) is 0. The number of aryl methyl sites for hydroxylation is 1. The summed E-state index contributed by atoms with van der Waals surface area (Å²) >= 11 is 8.38. The highest BCUT2D eigenvalue weighted by Gasteiger charge is 2.02. The maximum Gasteiger partial charge on any atom is 0.404 e. The molecule has 0 bridgehead atoms. The number of benzene rings is 1. The van der Waals surface area contributed by atoms with Gasteiger partial charge in [-0.2, -0.15) is 0 Å². The minimum atomic E-state index is -0.778. The van der Waals surface area contributed by atoms with E-state index in [1.165, 1.54) is 0 Å². The van der Waals surface area contributed by atoms with Crippen molar-refractivity contribution in [1.82, 2.24) is 0 Å². The number of rotatable bonds is 2. The van der Waals surface area contributed by atoms with E-state index in [1.54, 1.807) is 0 Å². The second-order valence-electron chi connectivity index (χ2n) is 2.60. The minimum Gasteiger partial charge on any atom is -0.449 e. The van der Waals surface area contributed by atoms with Crippen molar-refractivity contribution >= 4 is 33.0 Å². The summed E-state index contributed by atoms with van der Waals surface area (Å²) in [6, 6.07) is 5.78. The van der Waals surface area contributed by atoms with Gasteiger partial charge < -0.3 is 4.74 Å². The Kier molecular flexibility index (Phi) is 3.75. The second kappa shape index (κ2) is 4.63. The Morgan fingerprint density at radius 2 is 2.31 bits per heavy atom. The monoisotopic (exact) mass is 262 g/mol. The Morgan fingerprint density at radius 1 is 1.62 bits per heavy atom. The quantitative estimate of drug-likeness (QED) is 0.762. The van der Waals surface area contributed by atoms with Crippen LogP contribution in [-0.4, -0.2) is 5.43 Å². The molecular weight excluding hydrogens is 255 g/mol. The van der Waals surface area contributed by atoms with E-state index in [4.69, 9.17) is 11.6 Å². The maximum absolute atomic E-state index is 10.3. The standard InChI is InChI=1S/C9H8BrClO2/c1-6-2-3-8(10)4-7(6)5-13-9(11)12/h2-4H,5H2,1H3. The van der Waals surface area contributed by atoms with Crippen LogP contribution in [0.1, 0.15) is 11.1 Å². The zero-order valence-electron chi connectivity index (χ0n) is 7.01. The molecule has 2 nitrogen and oxygen atoms in total. The molecule has 0 radical (unpaired) electrons. The number of hydrogen-bond acceptors (Lipinski definition) is 2. The van der Waals surface area contributed by atoms with Crippen LogP contribution in [0.5, 0.6) is 0 Å². The predicted octanol–water partition coefficient (Wildman–Crippen LogP) is 3.63. The third-order valence-electron chi connectivity index (χ3n) is 1.65. The van der Waals surface area contributed by atoms with Crippen LogP contribution in [0.2, 0.25) is 0 Å². The molecule has 0 aromatic heterocycles. The number of carbonyl (C=O) groups is 1. The first-order chi connectivity index (χ1) is 6.09. The fourth-order valence-electron chi connectivity index (χ4n) is 0.930. The average Bonchev–Trinajstić information content (AvgIpc) is 2.06. The highest BCUT2D eigenvalue weighted by atomic mass is 79.9. The van der Waals surface area contributed by atoms with Crippen molar-refractivity contribution in [2.24, 2.45) is 0 Å². The van der Waals surface area contributed by atoms with Crippen LogP contribution in [0.4, 0.5) is 4.79 Å². The van der Waals surface area contributed by atoms with Crippen molar-refractivity contribution < 1.29 is 9.53 Å². The van der Waals surface area contributed by atoms with Gasteiger partial charge in [-0.15, -0.1) is 0 Å². The smallest absolute Gasteiger partial charge is 0.404 e. The first-order valence-corrected chi connectivity index (χ1v) is 4.84. The number of carbonyl (C=O) groups excluding carboxylic acids is 1. The number of hydrogen-bond donors (Lipinski definition) is 0. The summed E-state index contributed by atoms with van der Waals surface area (Å²) in [7, 11) is 0. The highest BCUT2D eigenvalue weighted by molar-refractivity contribution is 9.10. The van der Waals surface area contributed by atoms with Crippen molar-refractivity contribution in [1.29, 1.82) is 0 Å². The fraction of sp³-hybridized carbons (Fsp3) is 0.222. The summed E-state index contributed by atoms with van der Waals surface area (Å²) in [4.78, 5) is 10.3. The number of halogens is 2. The van der Waals surface area contributed by atoms with Crippen LogP contribution in [0.15, 0.2) is 22.7 Å². The van der Waals surface area contributed by atoms with E-state index in [-0.39, 0.29) is 6.61 Å². The van der Waals surface area contributed by atoms with Crippen LogP contribution < -0.4 is 0 Å². The molecule has 0 amide bonds. The van der Waals surface area contributed by atoms with Crippen LogP contribution in [0.3, 0.4) is 0 Å². The third-order valence-corrected chi connectivity index (χ3v) is 2.25. The van der Waals surface area contributed by atoms with Crippen molar-refractivity contribution in [3.05, 3.63) is 33.8 Å². The van der Waals surface area contributed by atoms with Gasteiger partial charge in [0, 0.05) is 16.1 Å². The molecule has 0 aliphatic heterocycles. The molecule has 70 valence electrons. The lowest BCUT2D eigenvalue weighted by Crippen LogP contribution is -1.96. The largest absolute Gasteiger partial charge is 0.449 e. The van der Waals surface area contributed by atoms with E-state index in [0.29, 0.717) is 0 Å². The Balaban J connectivity index is 2.75. The van der Waals surface area contributed by atoms with Gasteiger partial charge in [0.05, 0.1) is 0 Å².